The predicted octanol–water partition coefficient (Wildman–Crippen LogP) is 11.1. The molecule has 1 heteroatoms. The van der Waals surface area contributed by atoms with Crippen LogP contribution < -0.4 is 0 Å². The first-order chi connectivity index (χ1) is 19.9. The molecule has 0 fully saturated rings. The summed E-state index contributed by atoms with van der Waals surface area (Å²) in [5, 5.41) is 5.55. The Kier molecular flexibility index (Phi) is 10.2. The summed E-state index contributed by atoms with van der Waals surface area (Å²) in [6.45, 7) is 18.3. The first kappa shape index (κ1) is 31.8. The average molecular weight is 628 g/mol. The first-order valence-corrected chi connectivity index (χ1v) is 16.1. The summed E-state index contributed by atoms with van der Waals surface area (Å²) in [5.41, 5.74) is 8.72. The fraction of sp³-hybridized carbons (Fsp3) is 0.244. The quantitative estimate of drug-likeness (QED) is 0.168. The molecule has 0 atom stereocenters. The van der Waals surface area contributed by atoms with Crippen LogP contribution in [-0.2, 0) is 35.1 Å². The largest absolute Gasteiger partial charge is 0.214 e. The van der Waals surface area contributed by atoms with Gasteiger partial charge in [-0.1, -0.05) is 75.9 Å². The second-order valence-corrected chi connectivity index (χ2v) is 14.5. The van der Waals surface area contributed by atoms with Gasteiger partial charge in [0.2, 0.25) is 0 Å². The number of benzene rings is 4. The van der Waals surface area contributed by atoms with Gasteiger partial charge in [0.05, 0.1) is 0 Å². The van der Waals surface area contributed by atoms with Gasteiger partial charge in [0.25, 0.3) is 0 Å². The minimum absolute atomic E-state index is 0.180. The summed E-state index contributed by atoms with van der Waals surface area (Å²) in [5.74, 6) is 0. The van der Waals surface area contributed by atoms with E-state index in [9.17, 15) is 0 Å². The van der Waals surface area contributed by atoms with Crippen LogP contribution in [0.2, 0.25) is 0 Å². The summed E-state index contributed by atoms with van der Waals surface area (Å²) in [4.78, 5) is 0. The van der Waals surface area contributed by atoms with Gasteiger partial charge in [-0.05, 0) is 24.7 Å². The monoisotopic (exact) mass is 626 g/mol. The maximum atomic E-state index is 2.43. The molecule has 0 saturated carbocycles. The van der Waals surface area contributed by atoms with E-state index >= 15 is 0 Å². The van der Waals surface area contributed by atoms with Crippen LogP contribution in [0.4, 0.5) is 0 Å². The van der Waals surface area contributed by atoms with Gasteiger partial charge in [0, 0.05) is 0 Å². The third-order valence-electron chi connectivity index (χ3n) is 7.69. The predicted molar refractivity (Wildman–Crippen MR) is 182 cm³/mol. The summed E-state index contributed by atoms with van der Waals surface area (Å²) in [6.07, 6.45) is 0. The molecule has 6 aromatic rings. The molecule has 0 aliphatic carbocycles. The molecule has 0 aromatic heterocycles. The number of aryl methyl sites for hydroxylation is 2. The molecular formula is C41H44Zr. The zero-order chi connectivity index (χ0) is 30.5. The number of hydrogen-bond acceptors (Lipinski definition) is 0. The zero-order valence-electron chi connectivity index (χ0n) is 26.5. The minimum atomic E-state index is 0.180. The molecule has 0 heterocycles. The maximum absolute atomic E-state index is 2.43. The van der Waals surface area contributed by atoms with Gasteiger partial charge in [-0.15, -0.1) is 39.7 Å². The van der Waals surface area contributed by atoms with Gasteiger partial charge in [-0.3, -0.25) is 0 Å². The first-order valence-electron chi connectivity index (χ1n) is 14.9. The van der Waals surface area contributed by atoms with E-state index in [4.69, 9.17) is 0 Å². The van der Waals surface area contributed by atoms with Crippen LogP contribution in [0.5, 0.6) is 0 Å². The molecular weight excluding hydrogens is 584 g/mol. The Morgan fingerprint density at radius 3 is 1.24 bits per heavy atom. The van der Waals surface area contributed by atoms with Crippen LogP contribution in [0.15, 0.2) is 121 Å². The summed E-state index contributed by atoms with van der Waals surface area (Å²) >= 11 is 1.46. The van der Waals surface area contributed by atoms with E-state index in [0.29, 0.717) is 0 Å². The Morgan fingerprint density at radius 1 is 0.548 bits per heavy atom. The molecule has 0 spiro atoms. The molecule has 6 rings (SSSR count). The van der Waals surface area contributed by atoms with Crippen LogP contribution >= 0.6 is 0 Å². The zero-order valence-corrected chi connectivity index (χ0v) is 29.0. The SMILES string of the molecule is Cc1cc2[cH-]c3cc(C)c(C(C)(C)C)cc3c2cc1C(C)(C)C.[Zr+2]=[C](c1ccccc1)c1ccccc1.c1cc[cH-]c1. The second-order valence-electron chi connectivity index (χ2n) is 13.2. The van der Waals surface area contributed by atoms with Crippen LogP contribution in [-0.4, -0.2) is 3.21 Å². The van der Waals surface area contributed by atoms with E-state index in [-0.39, 0.29) is 10.8 Å². The smallest absolute Gasteiger partial charge is 0.172 e. The van der Waals surface area contributed by atoms with E-state index in [1.54, 1.807) is 0 Å². The van der Waals surface area contributed by atoms with E-state index in [0.717, 1.165) is 0 Å². The minimum Gasteiger partial charge on any atom is -0.214 e. The third kappa shape index (κ3) is 7.82. The fourth-order valence-corrected chi connectivity index (χ4v) is 6.47. The normalized spacial score (nSPS) is 11.5. The Hall–Kier alpha value is -3.15. The molecule has 0 N–H and O–H groups in total. The van der Waals surface area contributed by atoms with Crippen LogP contribution in [0.3, 0.4) is 0 Å². The van der Waals surface area contributed by atoms with Crippen molar-refractivity contribution in [2.24, 2.45) is 0 Å². The van der Waals surface area contributed by atoms with E-state index in [2.05, 4.69) is 146 Å². The Morgan fingerprint density at radius 2 is 0.929 bits per heavy atom. The van der Waals surface area contributed by atoms with Gasteiger partial charge in [-0.2, -0.15) is 18.2 Å². The molecule has 6 aromatic carbocycles. The van der Waals surface area contributed by atoms with Crippen molar-refractivity contribution in [3.63, 3.8) is 0 Å². The fourth-order valence-electron chi connectivity index (χ4n) is 5.65. The molecule has 42 heavy (non-hydrogen) atoms. The van der Waals surface area contributed by atoms with Gasteiger partial charge in [-0.25, -0.2) is 12.1 Å². The Labute approximate surface area is 268 Å². The Balaban J connectivity index is 0.000000179. The van der Waals surface area contributed by atoms with Gasteiger partial charge in [0.1, 0.15) is 0 Å². The molecule has 0 unspecified atom stereocenters. The molecule has 0 aliphatic heterocycles. The molecule has 0 saturated heterocycles. The van der Waals surface area contributed by atoms with E-state index < -0.39 is 0 Å². The average Bonchev–Trinajstić information content (AvgIpc) is 3.63. The van der Waals surface area contributed by atoms with E-state index in [1.807, 2.05) is 30.3 Å². The van der Waals surface area contributed by atoms with Crippen molar-refractivity contribution in [2.45, 2.75) is 66.2 Å². The van der Waals surface area contributed by atoms with Crippen molar-refractivity contribution in [2.75, 3.05) is 0 Å². The standard InChI is InChI=1S/C23H29.C13H10.C5H5.Zr/c1-14-9-16-11-17-10-15(2)21(23(6,7)8)13-19(17)18(16)12-20(14)22(3,4)5;1-3-7-12(8-4-1)11-13-9-5-2-6-10-13;1-2-4-5-3-1;/h9-13H,1-8H3;1-10H;1-5H;/q-1;;-1;+2. The van der Waals surface area contributed by atoms with Crippen LogP contribution in [0, 0.1) is 13.8 Å². The van der Waals surface area contributed by atoms with Gasteiger partial charge in [0.15, 0.2) is 0 Å². The van der Waals surface area contributed by atoms with Crippen molar-refractivity contribution in [1.29, 1.82) is 0 Å². The molecule has 0 bridgehead atoms. The second kappa shape index (κ2) is 13.4. The van der Waals surface area contributed by atoms with Crippen molar-refractivity contribution in [3.05, 3.63) is 155 Å². The summed E-state index contributed by atoms with van der Waals surface area (Å²) in [7, 11) is 0. The van der Waals surface area contributed by atoms with Crippen LogP contribution in [0.25, 0.3) is 21.5 Å². The van der Waals surface area contributed by atoms with Crippen molar-refractivity contribution in [3.8, 4) is 0 Å². The Bertz CT molecular complexity index is 1600. The van der Waals surface area contributed by atoms with Gasteiger partial charge >= 0.3 is 99.2 Å². The summed E-state index contributed by atoms with van der Waals surface area (Å²) in [6, 6.07) is 43.0. The summed E-state index contributed by atoms with van der Waals surface area (Å²) < 4.78 is 1.42. The van der Waals surface area contributed by atoms with E-state index in [1.165, 1.54) is 82.4 Å². The maximum Gasteiger partial charge on any atom is -0.172 e. The third-order valence-corrected chi connectivity index (χ3v) is 9.11. The molecule has 212 valence electrons. The van der Waals surface area contributed by atoms with Gasteiger partial charge < -0.3 is 0 Å². The molecule has 0 nitrogen and oxygen atoms in total. The number of fused-ring (bicyclic) bond motifs is 3. The van der Waals surface area contributed by atoms with Crippen LogP contribution in [0.1, 0.15) is 74.9 Å². The number of rotatable bonds is 2. The number of hydrogen-bond donors (Lipinski definition) is 0. The molecule has 0 aliphatic rings. The van der Waals surface area contributed by atoms with Crippen molar-refractivity contribution < 1.29 is 24.2 Å². The molecule has 0 amide bonds. The topological polar surface area (TPSA) is 0 Å². The molecule has 0 radical (unpaired) electrons. The van der Waals surface area contributed by atoms with Crippen molar-refractivity contribution in [1.82, 2.24) is 0 Å². The van der Waals surface area contributed by atoms with Crippen molar-refractivity contribution >= 4 is 24.8 Å².